The van der Waals surface area contributed by atoms with Gasteiger partial charge >= 0.3 is 0 Å². The molecule has 0 heterocycles. The number of hydrogen-bond acceptors (Lipinski definition) is 3. The molecule has 0 unspecified atom stereocenters. The van der Waals surface area contributed by atoms with Crippen LogP contribution in [0.2, 0.25) is 0 Å². The molecule has 0 aromatic heterocycles. The Morgan fingerprint density at radius 2 is 1.95 bits per heavy atom. The summed E-state index contributed by atoms with van der Waals surface area (Å²) in [6.07, 6.45) is -2.23. The Balaban J connectivity index is 2.77. The normalized spacial score (nSPS) is 10.8. The van der Waals surface area contributed by atoms with E-state index in [4.69, 9.17) is 10.2 Å². The number of benzene rings is 1. The van der Waals surface area contributed by atoms with Gasteiger partial charge in [-0.2, -0.15) is 0 Å². The summed E-state index contributed by atoms with van der Waals surface area (Å²) in [7, 11) is 0. The molecule has 0 amide bonds. The van der Waals surface area contributed by atoms with Gasteiger partial charge in [0.2, 0.25) is 0 Å². The van der Waals surface area contributed by atoms with Crippen molar-refractivity contribution in [2.24, 2.45) is 0 Å². The topological polar surface area (TPSA) is 43.7 Å². The lowest BCUT2D eigenvalue weighted by Crippen LogP contribution is -2.31. The minimum absolute atomic E-state index is 0.00107. The van der Waals surface area contributed by atoms with Gasteiger partial charge < -0.3 is 10.2 Å². The second-order valence-electron chi connectivity index (χ2n) is 4.43. The monoisotopic (exact) mass is 301 g/mol. The molecule has 1 aromatic carbocycles. The first-order chi connectivity index (χ1) is 10.1. The highest BCUT2D eigenvalue weighted by atomic mass is 19.3. The lowest BCUT2D eigenvalue weighted by atomic mass is 10.1. The highest BCUT2D eigenvalue weighted by Crippen LogP contribution is 2.13. The van der Waals surface area contributed by atoms with E-state index in [2.05, 4.69) is 11.8 Å². The fourth-order valence-electron chi connectivity index (χ4n) is 1.79. The molecule has 0 aliphatic carbocycles. The van der Waals surface area contributed by atoms with E-state index in [1.165, 1.54) is 17.0 Å². The van der Waals surface area contributed by atoms with Crippen molar-refractivity contribution in [2.45, 2.75) is 19.4 Å². The summed E-state index contributed by atoms with van der Waals surface area (Å²) in [5.41, 5.74) is 0.740. The van der Waals surface area contributed by atoms with Crippen LogP contribution < -0.4 is 0 Å². The van der Waals surface area contributed by atoms with Crippen LogP contribution in [0.5, 0.6) is 0 Å². The number of alkyl halides is 2. The molecule has 0 aliphatic heterocycles. The summed E-state index contributed by atoms with van der Waals surface area (Å²) in [5.74, 6) is 4.85. The molecule has 0 saturated carbocycles. The van der Waals surface area contributed by atoms with Crippen LogP contribution in [-0.2, 0) is 6.54 Å². The molecule has 0 bridgehead atoms. The molecule has 2 N–H and O–H groups in total. The largest absolute Gasteiger partial charge is 0.395 e. The first-order valence-corrected chi connectivity index (χ1v) is 6.56. The Morgan fingerprint density at radius 3 is 2.52 bits per heavy atom. The zero-order valence-corrected chi connectivity index (χ0v) is 11.5. The number of rotatable bonds is 7. The zero-order chi connectivity index (χ0) is 15.7. The summed E-state index contributed by atoms with van der Waals surface area (Å²) < 4.78 is 38.7. The van der Waals surface area contributed by atoms with Crippen molar-refractivity contribution in [2.75, 3.05) is 26.3 Å². The van der Waals surface area contributed by atoms with Crippen LogP contribution in [0.15, 0.2) is 18.2 Å². The summed E-state index contributed by atoms with van der Waals surface area (Å²) in [4.78, 5) is 1.29. The van der Waals surface area contributed by atoms with Crippen molar-refractivity contribution in [3.8, 4) is 11.8 Å². The van der Waals surface area contributed by atoms with E-state index in [0.717, 1.165) is 0 Å². The van der Waals surface area contributed by atoms with Crippen LogP contribution in [0.3, 0.4) is 0 Å². The molecule has 0 fully saturated rings. The maximum atomic E-state index is 13.9. The molecule has 0 spiro atoms. The predicted molar refractivity (Wildman–Crippen MR) is 73.3 cm³/mol. The van der Waals surface area contributed by atoms with Crippen molar-refractivity contribution in [1.29, 1.82) is 0 Å². The van der Waals surface area contributed by atoms with Crippen molar-refractivity contribution < 1.29 is 23.4 Å². The van der Waals surface area contributed by atoms with Crippen LogP contribution in [0.4, 0.5) is 13.2 Å². The zero-order valence-electron chi connectivity index (χ0n) is 11.5. The lowest BCUT2D eigenvalue weighted by Gasteiger charge is -2.21. The predicted octanol–water partition coefficient (Wildman–Crippen LogP) is 1.62. The van der Waals surface area contributed by atoms with Crippen molar-refractivity contribution in [3.05, 3.63) is 35.1 Å². The van der Waals surface area contributed by atoms with E-state index >= 15 is 0 Å². The fourth-order valence-corrected chi connectivity index (χ4v) is 1.79. The Labute approximate surface area is 122 Å². The number of aliphatic hydroxyl groups excluding tert-OH is 2. The first kappa shape index (κ1) is 17.5. The molecule has 0 atom stereocenters. The molecule has 0 aliphatic rings. The average molecular weight is 301 g/mol. The maximum absolute atomic E-state index is 13.9. The summed E-state index contributed by atoms with van der Waals surface area (Å²) >= 11 is 0. The molecule has 1 aromatic rings. The summed E-state index contributed by atoms with van der Waals surface area (Å²) in [6, 6.07) is 4.33. The molecule has 21 heavy (non-hydrogen) atoms. The smallest absolute Gasteiger partial charge is 0.251 e. The van der Waals surface area contributed by atoms with E-state index in [9.17, 15) is 13.2 Å². The standard InChI is InChI=1S/C15H18F3NO2/c16-14-9-12(3-1-2-7-20)4-5-13(14)10-19(6-8-21)11-15(17)18/h4-5,9,15,20-21H,2,6-8,10-11H2. The Morgan fingerprint density at radius 1 is 1.19 bits per heavy atom. The Hall–Kier alpha value is -1.55. The fraction of sp³-hybridized carbons (Fsp3) is 0.467. The van der Waals surface area contributed by atoms with E-state index in [-0.39, 0.29) is 31.9 Å². The van der Waals surface area contributed by atoms with Gasteiger partial charge in [0, 0.05) is 30.6 Å². The van der Waals surface area contributed by atoms with E-state index in [0.29, 0.717) is 12.0 Å². The van der Waals surface area contributed by atoms with Crippen molar-refractivity contribution >= 4 is 0 Å². The molecule has 6 heteroatoms. The number of aliphatic hydroxyl groups is 2. The summed E-state index contributed by atoms with van der Waals surface area (Å²) in [5, 5.41) is 17.4. The van der Waals surface area contributed by atoms with Crippen LogP contribution in [0.25, 0.3) is 0 Å². The molecule has 0 radical (unpaired) electrons. The number of hydrogen-bond donors (Lipinski definition) is 2. The second-order valence-corrected chi connectivity index (χ2v) is 4.43. The molecule has 1 rings (SSSR count). The van der Waals surface area contributed by atoms with Crippen molar-refractivity contribution in [1.82, 2.24) is 4.90 Å². The molecule has 0 saturated heterocycles. The van der Waals surface area contributed by atoms with Gasteiger partial charge in [-0.3, -0.25) is 4.90 Å². The molecular formula is C15H18F3NO2. The Bertz CT molecular complexity index is 497. The van der Waals surface area contributed by atoms with Crippen molar-refractivity contribution in [3.63, 3.8) is 0 Å². The van der Waals surface area contributed by atoms with Gasteiger partial charge in [0.25, 0.3) is 6.43 Å². The quantitative estimate of drug-likeness (QED) is 0.752. The highest BCUT2D eigenvalue weighted by Gasteiger charge is 2.14. The van der Waals surface area contributed by atoms with Crippen LogP contribution in [-0.4, -0.2) is 47.8 Å². The van der Waals surface area contributed by atoms with Gasteiger partial charge in [-0.1, -0.05) is 17.9 Å². The van der Waals surface area contributed by atoms with Gasteiger partial charge in [0.1, 0.15) is 5.82 Å². The molecular weight excluding hydrogens is 283 g/mol. The molecule has 116 valence electrons. The SMILES string of the molecule is OCCC#Cc1ccc(CN(CCO)CC(F)F)c(F)c1. The van der Waals surface area contributed by atoms with E-state index < -0.39 is 18.8 Å². The van der Waals surface area contributed by atoms with Crippen LogP contribution in [0.1, 0.15) is 17.5 Å². The van der Waals surface area contributed by atoms with Gasteiger partial charge in [-0.05, 0) is 12.1 Å². The number of nitrogens with zero attached hydrogens (tertiary/aromatic N) is 1. The van der Waals surface area contributed by atoms with E-state index in [1.807, 2.05) is 0 Å². The minimum Gasteiger partial charge on any atom is -0.395 e. The van der Waals surface area contributed by atoms with Gasteiger partial charge in [-0.25, -0.2) is 13.2 Å². The average Bonchev–Trinajstić information content (AvgIpc) is 2.41. The Kier molecular flexibility index (Phi) is 7.83. The third-order valence-electron chi connectivity index (χ3n) is 2.73. The minimum atomic E-state index is -2.54. The van der Waals surface area contributed by atoms with Crippen LogP contribution in [0, 0.1) is 17.7 Å². The third kappa shape index (κ3) is 6.63. The lowest BCUT2D eigenvalue weighted by molar-refractivity contribution is 0.0741. The first-order valence-electron chi connectivity index (χ1n) is 6.56. The molecule has 3 nitrogen and oxygen atoms in total. The van der Waals surface area contributed by atoms with Crippen LogP contribution >= 0.6 is 0 Å². The van der Waals surface area contributed by atoms with Gasteiger partial charge in [-0.15, -0.1) is 0 Å². The third-order valence-corrected chi connectivity index (χ3v) is 2.73. The number of halogens is 3. The van der Waals surface area contributed by atoms with Gasteiger partial charge in [0.05, 0.1) is 19.8 Å². The maximum Gasteiger partial charge on any atom is 0.251 e. The van der Waals surface area contributed by atoms with E-state index in [1.54, 1.807) is 6.07 Å². The summed E-state index contributed by atoms with van der Waals surface area (Å²) in [6.45, 7) is -0.780. The second kappa shape index (κ2) is 9.40. The van der Waals surface area contributed by atoms with Gasteiger partial charge in [0.15, 0.2) is 0 Å². The highest BCUT2D eigenvalue weighted by molar-refractivity contribution is 5.37.